The van der Waals surface area contributed by atoms with E-state index in [1.807, 2.05) is 0 Å². The lowest BCUT2D eigenvalue weighted by Crippen LogP contribution is -2.39. The molecule has 1 fully saturated rings. The van der Waals surface area contributed by atoms with E-state index in [0.717, 1.165) is 6.33 Å². The third kappa shape index (κ3) is 3.58. The summed E-state index contributed by atoms with van der Waals surface area (Å²) in [6.45, 7) is -0.477. The lowest BCUT2D eigenvalue weighted by Gasteiger charge is -2.16. The summed E-state index contributed by atoms with van der Waals surface area (Å²) in [7, 11) is 0. The first-order valence-electron chi connectivity index (χ1n) is 7.98. The fourth-order valence-corrected chi connectivity index (χ4v) is 2.76. The Morgan fingerprint density at radius 1 is 1.30 bits per heavy atom. The number of aliphatic hydroxyl groups excluding tert-OH is 3. The van der Waals surface area contributed by atoms with E-state index in [-0.39, 0.29) is 23.4 Å². The Bertz CT molecular complexity index is 858. The molecular weight excluding hydrogens is 362 g/mol. The molecule has 2 aromatic rings. The number of nitrogens with two attached hydrogens (primary N) is 2. The van der Waals surface area contributed by atoms with Gasteiger partial charge in [-0.3, -0.25) is 14.2 Å². The molecule has 13 heteroatoms. The molecule has 0 unspecified atom stereocenters. The van der Waals surface area contributed by atoms with Crippen molar-refractivity contribution in [2.75, 3.05) is 11.9 Å². The molecule has 0 radical (unpaired) electrons. The number of amides is 2. The molecule has 1 aliphatic heterocycles. The van der Waals surface area contributed by atoms with Crippen LogP contribution < -0.4 is 16.8 Å². The van der Waals surface area contributed by atoms with Gasteiger partial charge in [0.1, 0.15) is 24.6 Å². The number of hydrogen-bond donors (Lipinski definition) is 6. The van der Waals surface area contributed by atoms with Crippen molar-refractivity contribution < 1.29 is 29.6 Å². The second-order valence-corrected chi connectivity index (χ2v) is 6.04. The fraction of sp³-hybridized carbons (Fsp3) is 0.500. The van der Waals surface area contributed by atoms with Crippen molar-refractivity contribution in [3.05, 3.63) is 12.7 Å². The highest BCUT2D eigenvalue weighted by atomic mass is 16.6. The topological polar surface area (TPSA) is 212 Å². The van der Waals surface area contributed by atoms with Gasteiger partial charge in [-0.15, -0.1) is 0 Å². The first-order valence-corrected chi connectivity index (χ1v) is 7.98. The van der Waals surface area contributed by atoms with Crippen LogP contribution in [-0.2, 0) is 14.3 Å². The number of carbonyl (C=O) groups is 2. The van der Waals surface area contributed by atoms with E-state index < -0.39 is 49.0 Å². The number of ether oxygens (including phenoxy) is 1. The smallest absolute Gasteiger partial charge is 0.243 e. The molecule has 2 aromatic heterocycles. The van der Waals surface area contributed by atoms with Crippen molar-refractivity contribution in [3.63, 3.8) is 0 Å². The van der Waals surface area contributed by atoms with Crippen molar-refractivity contribution in [2.24, 2.45) is 11.5 Å². The zero-order valence-electron chi connectivity index (χ0n) is 14.0. The number of primary amides is 1. The summed E-state index contributed by atoms with van der Waals surface area (Å²) in [5.74, 6) is -1.37. The Labute approximate surface area is 152 Å². The standard InChI is InChI=1S/C14H19N7O6/c15-5(1-7(16)23)13(26)20-11-8-12(18-3-17-11)21(4-19-8)14-10(25)9(24)6(2-22)27-14/h3-6,9-10,14,22,24-25H,1-2,15H2,(H2,16,23)(H,17,18,20,26)/t5-,6+,9+,10+,14+/m0/s1. The van der Waals surface area contributed by atoms with Gasteiger partial charge < -0.3 is 36.8 Å². The Hall–Kier alpha value is -2.71. The lowest BCUT2D eigenvalue weighted by molar-refractivity contribution is -0.123. The molecule has 0 spiro atoms. The van der Waals surface area contributed by atoms with Crippen LogP contribution in [0.3, 0.4) is 0 Å². The number of aliphatic hydroxyl groups is 3. The van der Waals surface area contributed by atoms with E-state index in [2.05, 4.69) is 20.3 Å². The second-order valence-electron chi connectivity index (χ2n) is 6.04. The molecule has 13 nitrogen and oxygen atoms in total. The minimum absolute atomic E-state index is 0.0374. The summed E-state index contributed by atoms with van der Waals surface area (Å²) in [5, 5.41) is 31.7. The average Bonchev–Trinajstić information content (AvgIpc) is 3.17. The first-order chi connectivity index (χ1) is 12.8. The number of fused-ring (bicyclic) bond motifs is 1. The first kappa shape index (κ1) is 19.1. The quantitative estimate of drug-likeness (QED) is 0.291. The number of nitrogens with one attached hydrogen (secondary N) is 1. The normalized spacial score (nSPS) is 26.2. The van der Waals surface area contributed by atoms with Gasteiger partial charge in [0.05, 0.1) is 25.4 Å². The third-order valence-electron chi connectivity index (χ3n) is 4.15. The van der Waals surface area contributed by atoms with Gasteiger partial charge in [-0.2, -0.15) is 0 Å². The molecule has 3 rings (SSSR count). The Balaban J connectivity index is 1.87. The summed E-state index contributed by atoms with van der Waals surface area (Å²) >= 11 is 0. The van der Waals surface area contributed by atoms with Gasteiger partial charge in [0.25, 0.3) is 0 Å². The van der Waals surface area contributed by atoms with Crippen molar-refractivity contribution in [3.8, 4) is 0 Å². The molecule has 1 saturated heterocycles. The Morgan fingerprint density at radius 3 is 2.67 bits per heavy atom. The van der Waals surface area contributed by atoms with Crippen LogP contribution in [0.15, 0.2) is 12.7 Å². The van der Waals surface area contributed by atoms with Crippen LogP contribution >= 0.6 is 0 Å². The molecular formula is C14H19N7O6. The minimum Gasteiger partial charge on any atom is -0.394 e. The van der Waals surface area contributed by atoms with Crippen LogP contribution in [0.5, 0.6) is 0 Å². The van der Waals surface area contributed by atoms with Gasteiger partial charge in [0.2, 0.25) is 11.8 Å². The van der Waals surface area contributed by atoms with Crippen LogP contribution in [-0.4, -0.2) is 77.6 Å². The molecule has 1 aliphatic rings. The van der Waals surface area contributed by atoms with E-state index in [4.69, 9.17) is 16.2 Å². The summed E-state index contributed by atoms with van der Waals surface area (Å²) in [6, 6.07) is -1.16. The SMILES string of the molecule is NC(=O)C[C@H](N)C(=O)Nc1ncnc2c1ncn2[C@@H]1O[C@H](CO)[C@@H](O)[C@H]1O. The third-order valence-corrected chi connectivity index (χ3v) is 4.15. The Kier molecular flexibility index (Phi) is 5.29. The molecule has 5 atom stereocenters. The highest BCUT2D eigenvalue weighted by Gasteiger charge is 2.44. The maximum Gasteiger partial charge on any atom is 0.243 e. The van der Waals surface area contributed by atoms with E-state index >= 15 is 0 Å². The average molecular weight is 381 g/mol. The van der Waals surface area contributed by atoms with E-state index in [1.165, 1.54) is 10.9 Å². The molecule has 0 saturated carbocycles. The number of anilines is 1. The Morgan fingerprint density at radius 2 is 2.04 bits per heavy atom. The zero-order valence-corrected chi connectivity index (χ0v) is 14.0. The fourth-order valence-electron chi connectivity index (χ4n) is 2.76. The maximum absolute atomic E-state index is 12.1. The van der Waals surface area contributed by atoms with E-state index in [9.17, 15) is 24.9 Å². The lowest BCUT2D eigenvalue weighted by atomic mass is 10.1. The predicted octanol–water partition coefficient (Wildman–Crippen LogP) is -3.42. The van der Waals surface area contributed by atoms with Crippen molar-refractivity contribution in [1.29, 1.82) is 0 Å². The number of hydrogen-bond acceptors (Lipinski definition) is 10. The van der Waals surface area contributed by atoms with Crippen molar-refractivity contribution in [1.82, 2.24) is 19.5 Å². The molecule has 0 aromatic carbocycles. The van der Waals surface area contributed by atoms with Gasteiger partial charge in [0.15, 0.2) is 23.2 Å². The van der Waals surface area contributed by atoms with E-state index in [1.54, 1.807) is 0 Å². The predicted molar refractivity (Wildman–Crippen MR) is 88.7 cm³/mol. The number of imidazole rings is 1. The number of carbonyl (C=O) groups excluding carboxylic acids is 2. The van der Waals surface area contributed by atoms with Gasteiger partial charge in [-0.1, -0.05) is 0 Å². The number of rotatable bonds is 6. The van der Waals surface area contributed by atoms with Gasteiger partial charge >= 0.3 is 0 Å². The number of nitrogens with zero attached hydrogens (tertiary/aromatic N) is 4. The van der Waals surface area contributed by atoms with Crippen LogP contribution in [0.25, 0.3) is 11.2 Å². The van der Waals surface area contributed by atoms with Gasteiger partial charge in [-0.05, 0) is 0 Å². The largest absolute Gasteiger partial charge is 0.394 e. The molecule has 0 bridgehead atoms. The minimum atomic E-state index is -1.32. The summed E-state index contributed by atoms with van der Waals surface area (Å²) in [5.41, 5.74) is 11.0. The summed E-state index contributed by atoms with van der Waals surface area (Å²) < 4.78 is 6.79. The van der Waals surface area contributed by atoms with Crippen LogP contribution in [0, 0.1) is 0 Å². The zero-order chi connectivity index (χ0) is 19.7. The monoisotopic (exact) mass is 381 g/mol. The van der Waals surface area contributed by atoms with Crippen LogP contribution in [0.4, 0.5) is 5.82 Å². The van der Waals surface area contributed by atoms with Crippen LogP contribution in [0.1, 0.15) is 12.6 Å². The maximum atomic E-state index is 12.1. The second kappa shape index (κ2) is 7.50. The number of aromatic nitrogens is 4. The van der Waals surface area contributed by atoms with Gasteiger partial charge in [-0.25, -0.2) is 15.0 Å². The molecule has 0 aliphatic carbocycles. The summed E-state index contributed by atoms with van der Waals surface area (Å²) in [4.78, 5) is 35.0. The molecule has 2 amide bonds. The van der Waals surface area contributed by atoms with Gasteiger partial charge in [0, 0.05) is 0 Å². The summed E-state index contributed by atoms with van der Waals surface area (Å²) in [6.07, 6.45) is -2.51. The molecule has 27 heavy (non-hydrogen) atoms. The van der Waals surface area contributed by atoms with Crippen LogP contribution in [0.2, 0.25) is 0 Å². The molecule has 3 heterocycles. The highest BCUT2D eigenvalue weighted by molar-refractivity contribution is 6.00. The van der Waals surface area contributed by atoms with Crippen molar-refractivity contribution >= 4 is 28.8 Å². The molecule has 146 valence electrons. The van der Waals surface area contributed by atoms with E-state index in [0.29, 0.717) is 0 Å². The van der Waals surface area contributed by atoms with Crippen molar-refractivity contribution in [2.45, 2.75) is 37.0 Å². The molecule has 8 N–H and O–H groups in total. The highest BCUT2D eigenvalue weighted by Crippen LogP contribution is 2.32.